The molecule has 0 aliphatic heterocycles. The van der Waals surface area contributed by atoms with E-state index in [-0.39, 0.29) is 17.3 Å². The summed E-state index contributed by atoms with van der Waals surface area (Å²) < 4.78 is 10.4. The van der Waals surface area contributed by atoms with Gasteiger partial charge in [0.25, 0.3) is 0 Å². The number of nitrogens with one attached hydrogen (secondary N) is 1. The molecule has 1 N–H and O–H groups in total. The third-order valence-corrected chi connectivity index (χ3v) is 6.30. The number of amides is 1. The quantitative estimate of drug-likeness (QED) is 0.237. The summed E-state index contributed by atoms with van der Waals surface area (Å²) in [7, 11) is 0. The number of aryl methyl sites for hydroxylation is 1. The highest BCUT2D eigenvalue weighted by atomic mass is 32.2. The van der Waals surface area contributed by atoms with Crippen LogP contribution in [0.2, 0.25) is 0 Å². The Balaban J connectivity index is 1.17. The van der Waals surface area contributed by atoms with Crippen LogP contribution in [0.4, 0.5) is 0 Å². The highest BCUT2D eigenvalue weighted by molar-refractivity contribution is 7.99. The van der Waals surface area contributed by atoms with Crippen molar-refractivity contribution in [3.05, 3.63) is 89.2 Å². The van der Waals surface area contributed by atoms with Crippen molar-refractivity contribution < 1.29 is 9.21 Å². The van der Waals surface area contributed by atoms with E-state index in [1.807, 2.05) is 47.0 Å². The first-order valence-corrected chi connectivity index (χ1v) is 12.1. The number of aromatic nitrogens is 6. The predicted octanol–water partition coefficient (Wildman–Crippen LogP) is 2.69. The minimum absolute atomic E-state index is 0.119. The molecule has 0 aliphatic rings. The van der Waals surface area contributed by atoms with Crippen molar-refractivity contribution in [1.29, 1.82) is 0 Å². The third-order valence-electron chi connectivity index (χ3n) is 5.33. The summed E-state index contributed by atoms with van der Waals surface area (Å²) in [6, 6.07) is 19.0. The summed E-state index contributed by atoms with van der Waals surface area (Å²) in [5, 5.41) is 16.4. The molecule has 5 rings (SSSR count). The topological polar surface area (TPSA) is 112 Å². The first-order chi connectivity index (χ1) is 17.2. The van der Waals surface area contributed by atoms with E-state index in [1.54, 1.807) is 30.7 Å². The van der Waals surface area contributed by atoms with Crippen LogP contribution in [0.1, 0.15) is 12.0 Å². The number of hydrogen-bond acceptors (Lipinski definition) is 7. The molecule has 0 radical (unpaired) electrons. The maximum absolute atomic E-state index is 12.4. The van der Waals surface area contributed by atoms with Crippen LogP contribution in [-0.2, 0) is 17.9 Å². The second-order valence-electron chi connectivity index (χ2n) is 7.78. The molecular weight excluding hydrogens is 466 g/mol. The lowest BCUT2D eigenvalue weighted by molar-refractivity contribution is -0.118. The monoisotopic (exact) mass is 489 g/mol. The van der Waals surface area contributed by atoms with Crippen molar-refractivity contribution in [2.45, 2.75) is 24.7 Å². The SMILES string of the molecule is O=C(CSc1nnc(-c2ccco2)n1Cc1ccccc1)NCCCn1nc2ccccn2c1=O. The summed E-state index contributed by atoms with van der Waals surface area (Å²) in [5.74, 6) is 1.30. The standard InChI is InChI=1S/C24H23N7O3S/c32-21(25-12-7-14-31-24(33)29-13-5-4-11-20(29)28-31)17-35-23-27-26-22(19-10-6-15-34-19)30(23)16-18-8-2-1-3-9-18/h1-6,8-11,13,15H,7,12,14,16-17H2,(H,25,32). The van der Waals surface area contributed by atoms with E-state index in [2.05, 4.69) is 20.6 Å². The maximum Gasteiger partial charge on any atom is 0.350 e. The van der Waals surface area contributed by atoms with Gasteiger partial charge in [-0.25, -0.2) is 9.48 Å². The lowest BCUT2D eigenvalue weighted by atomic mass is 10.2. The largest absolute Gasteiger partial charge is 0.461 e. The molecule has 35 heavy (non-hydrogen) atoms. The van der Waals surface area contributed by atoms with Crippen LogP contribution in [-0.4, -0.2) is 47.2 Å². The second-order valence-corrected chi connectivity index (χ2v) is 8.72. The fourth-order valence-electron chi connectivity index (χ4n) is 3.64. The van der Waals surface area contributed by atoms with Crippen molar-refractivity contribution in [3.63, 3.8) is 0 Å². The van der Waals surface area contributed by atoms with Gasteiger partial charge in [0.15, 0.2) is 16.6 Å². The second kappa shape index (κ2) is 10.4. The Hall–Kier alpha value is -4.12. The van der Waals surface area contributed by atoms with Gasteiger partial charge in [0.05, 0.1) is 18.6 Å². The molecule has 0 saturated heterocycles. The minimum Gasteiger partial charge on any atom is -0.461 e. The number of pyridine rings is 1. The summed E-state index contributed by atoms with van der Waals surface area (Å²) in [5.41, 5.74) is 1.51. The van der Waals surface area contributed by atoms with Crippen molar-refractivity contribution in [1.82, 2.24) is 34.3 Å². The van der Waals surface area contributed by atoms with Crippen LogP contribution in [0.25, 0.3) is 17.2 Å². The van der Waals surface area contributed by atoms with E-state index < -0.39 is 0 Å². The van der Waals surface area contributed by atoms with E-state index in [0.717, 1.165) is 5.56 Å². The highest BCUT2D eigenvalue weighted by Gasteiger charge is 2.18. The van der Waals surface area contributed by atoms with Gasteiger partial charge in [0.1, 0.15) is 0 Å². The molecule has 1 amide bonds. The Morgan fingerprint density at radius 3 is 2.69 bits per heavy atom. The predicted molar refractivity (Wildman–Crippen MR) is 131 cm³/mol. The zero-order chi connectivity index (χ0) is 24.0. The first kappa shape index (κ1) is 22.7. The molecular formula is C24H23N7O3S. The summed E-state index contributed by atoms with van der Waals surface area (Å²) in [6.07, 6.45) is 3.87. The molecule has 178 valence electrons. The van der Waals surface area contributed by atoms with Crippen LogP contribution in [0, 0.1) is 0 Å². The average Bonchev–Trinajstić information content (AvgIpc) is 3.61. The minimum atomic E-state index is -0.187. The summed E-state index contributed by atoms with van der Waals surface area (Å²) in [6.45, 7) is 1.42. The Bertz CT molecular complexity index is 1470. The van der Waals surface area contributed by atoms with Crippen molar-refractivity contribution in [2.75, 3.05) is 12.3 Å². The first-order valence-electron chi connectivity index (χ1n) is 11.1. The molecule has 0 atom stereocenters. The van der Waals surface area contributed by atoms with Crippen molar-refractivity contribution in [2.24, 2.45) is 0 Å². The normalized spacial score (nSPS) is 11.2. The molecule has 0 unspecified atom stereocenters. The lowest BCUT2D eigenvalue weighted by Crippen LogP contribution is -2.28. The van der Waals surface area contributed by atoms with Gasteiger partial charge < -0.3 is 9.73 Å². The molecule has 4 aromatic heterocycles. The van der Waals surface area contributed by atoms with Crippen LogP contribution in [0.15, 0.2) is 87.5 Å². The number of hydrogen-bond donors (Lipinski definition) is 1. The van der Waals surface area contributed by atoms with E-state index in [1.165, 1.54) is 20.8 Å². The Morgan fingerprint density at radius 2 is 1.89 bits per heavy atom. The van der Waals surface area contributed by atoms with Crippen LogP contribution in [0.3, 0.4) is 0 Å². The number of fused-ring (bicyclic) bond motifs is 1. The molecule has 0 aliphatic carbocycles. The molecule has 4 heterocycles. The van der Waals surface area contributed by atoms with E-state index in [9.17, 15) is 9.59 Å². The molecule has 0 spiro atoms. The zero-order valence-electron chi connectivity index (χ0n) is 18.8. The van der Waals surface area contributed by atoms with E-state index in [0.29, 0.717) is 48.4 Å². The fourth-order valence-corrected chi connectivity index (χ4v) is 4.41. The Morgan fingerprint density at radius 1 is 1.03 bits per heavy atom. The van der Waals surface area contributed by atoms with Gasteiger partial charge in [-0.2, -0.15) is 0 Å². The number of thioether (sulfide) groups is 1. The summed E-state index contributed by atoms with van der Waals surface area (Å²) >= 11 is 1.32. The van der Waals surface area contributed by atoms with Gasteiger partial charge in [-0.15, -0.1) is 15.3 Å². The molecule has 5 aromatic rings. The maximum atomic E-state index is 12.4. The molecule has 0 bridgehead atoms. The van der Waals surface area contributed by atoms with Crippen LogP contribution < -0.4 is 11.0 Å². The average molecular weight is 490 g/mol. The molecule has 0 saturated carbocycles. The summed E-state index contributed by atoms with van der Waals surface area (Å²) in [4.78, 5) is 24.8. The highest BCUT2D eigenvalue weighted by Crippen LogP contribution is 2.25. The van der Waals surface area contributed by atoms with Gasteiger partial charge >= 0.3 is 5.69 Å². The fraction of sp³-hybridized carbons (Fsp3) is 0.208. The van der Waals surface area contributed by atoms with E-state index in [4.69, 9.17) is 4.42 Å². The number of furan rings is 1. The molecule has 10 nitrogen and oxygen atoms in total. The van der Waals surface area contributed by atoms with E-state index >= 15 is 0 Å². The number of carbonyl (C=O) groups is 1. The number of carbonyl (C=O) groups excluding carboxylic acids is 1. The number of benzene rings is 1. The van der Waals surface area contributed by atoms with Crippen molar-refractivity contribution >= 4 is 23.3 Å². The Kier molecular flexibility index (Phi) is 6.75. The van der Waals surface area contributed by atoms with Crippen LogP contribution >= 0.6 is 11.8 Å². The van der Waals surface area contributed by atoms with Gasteiger partial charge in [0, 0.05) is 19.3 Å². The zero-order valence-corrected chi connectivity index (χ0v) is 19.6. The van der Waals surface area contributed by atoms with Gasteiger partial charge in [-0.3, -0.25) is 13.8 Å². The third kappa shape index (κ3) is 5.19. The van der Waals surface area contributed by atoms with Crippen molar-refractivity contribution in [3.8, 4) is 11.6 Å². The lowest BCUT2D eigenvalue weighted by Gasteiger charge is -2.09. The molecule has 1 aromatic carbocycles. The van der Waals surface area contributed by atoms with Gasteiger partial charge in [0.2, 0.25) is 11.7 Å². The van der Waals surface area contributed by atoms with Crippen LogP contribution in [0.5, 0.6) is 0 Å². The Labute approximate surface area is 204 Å². The molecule has 11 heteroatoms. The van der Waals surface area contributed by atoms with Gasteiger partial charge in [-0.05, 0) is 36.2 Å². The molecule has 0 fully saturated rings. The van der Waals surface area contributed by atoms with Gasteiger partial charge in [-0.1, -0.05) is 48.2 Å². The smallest absolute Gasteiger partial charge is 0.350 e. The number of rotatable bonds is 10. The number of nitrogens with zero attached hydrogens (tertiary/aromatic N) is 6.